The molecule has 0 aliphatic carbocycles. The first-order valence-electron chi connectivity index (χ1n) is 8.60. The molecule has 2 heterocycles. The fourth-order valence-electron chi connectivity index (χ4n) is 2.70. The minimum atomic E-state index is -0.732. The van der Waals surface area contributed by atoms with Crippen molar-refractivity contribution in [2.24, 2.45) is 15.3 Å². The topological polar surface area (TPSA) is 70.3 Å². The van der Waals surface area contributed by atoms with E-state index < -0.39 is 6.04 Å². The third kappa shape index (κ3) is 3.65. The van der Waals surface area contributed by atoms with Crippen LogP contribution in [0, 0.1) is 6.92 Å². The maximum absolute atomic E-state index is 12.8. The van der Waals surface area contributed by atoms with Crippen molar-refractivity contribution < 1.29 is 4.79 Å². The largest absolute Gasteiger partial charge is 0.282 e. The number of azo groups is 1. The zero-order valence-corrected chi connectivity index (χ0v) is 17.6. The molecule has 8 heteroatoms. The van der Waals surface area contributed by atoms with Gasteiger partial charge in [0.05, 0.1) is 17.1 Å². The lowest BCUT2D eigenvalue weighted by Crippen LogP contribution is -2.29. The van der Waals surface area contributed by atoms with E-state index in [9.17, 15) is 4.79 Å². The Balaban J connectivity index is 1.54. The maximum atomic E-state index is 12.8. The summed E-state index contributed by atoms with van der Waals surface area (Å²) in [7, 11) is 0. The maximum Gasteiger partial charge on any atom is 0.282 e. The van der Waals surface area contributed by atoms with Crippen LogP contribution in [0.25, 0.3) is 11.3 Å². The normalized spacial score (nSPS) is 16.8. The average molecular weight is 454 g/mol. The molecular formula is C20H16BrN5OS. The molecule has 0 N–H and O–H groups in total. The molecule has 0 saturated carbocycles. The summed E-state index contributed by atoms with van der Waals surface area (Å²) in [4.78, 5) is 17.4. The minimum absolute atomic E-state index is 0.249. The van der Waals surface area contributed by atoms with Gasteiger partial charge in [-0.1, -0.05) is 52.3 Å². The van der Waals surface area contributed by atoms with E-state index in [1.807, 2.05) is 60.8 Å². The molecule has 2 aromatic carbocycles. The first-order chi connectivity index (χ1) is 13.5. The number of thiazole rings is 1. The van der Waals surface area contributed by atoms with Crippen LogP contribution in [-0.4, -0.2) is 22.6 Å². The molecule has 1 unspecified atom stereocenters. The number of carbonyl (C=O) groups excluding carboxylic acids is 1. The van der Waals surface area contributed by atoms with Gasteiger partial charge in [-0.15, -0.1) is 11.3 Å². The van der Waals surface area contributed by atoms with Crippen LogP contribution >= 0.6 is 27.3 Å². The van der Waals surface area contributed by atoms with Crippen LogP contribution in [0.1, 0.15) is 12.5 Å². The van der Waals surface area contributed by atoms with E-state index >= 15 is 0 Å². The Morgan fingerprint density at radius 1 is 1.14 bits per heavy atom. The summed E-state index contributed by atoms with van der Waals surface area (Å²) in [6.45, 7) is 3.77. The standard InChI is InChI=1S/C20H16BrN5OS/c1-12-8-9-15(10-16(12)21)23-24-18-13(2)25-26(19(18)27)20-22-17(11-28-20)14-6-4-3-5-7-14/h3-11,18H,1-2H3. The molecule has 0 fully saturated rings. The van der Waals surface area contributed by atoms with Crippen LogP contribution in [0.5, 0.6) is 0 Å². The predicted octanol–water partition coefficient (Wildman–Crippen LogP) is 5.76. The lowest BCUT2D eigenvalue weighted by atomic mass is 10.2. The molecule has 0 saturated heterocycles. The second-order valence-electron chi connectivity index (χ2n) is 6.32. The fraction of sp³-hybridized carbons (Fsp3) is 0.150. The van der Waals surface area contributed by atoms with E-state index in [4.69, 9.17) is 0 Å². The fourth-order valence-corrected chi connectivity index (χ4v) is 3.85. The molecule has 1 aromatic heterocycles. The first-order valence-corrected chi connectivity index (χ1v) is 10.3. The van der Waals surface area contributed by atoms with Crippen molar-refractivity contribution in [1.29, 1.82) is 0 Å². The number of aryl methyl sites for hydroxylation is 1. The second-order valence-corrected chi connectivity index (χ2v) is 8.02. The third-order valence-electron chi connectivity index (χ3n) is 4.28. The first kappa shape index (κ1) is 18.6. The molecule has 0 radical (unpaired) electrons. The highest BCUT2D eigenvalue weighted by atomic mass is 79.9. The van der Waals surface area contributed by atoms with Gasteiger partial charge < -0.3 is 0 Å². The van der Waals surface area contributed by atoms with Crippen LogP contribution in [-0.2, 0) is 4.79 Å². The highest BCUT2D eigenvalue weighted by molar-refractivity contribution is 9.10. The van der Waals surface area contributed by atoms with Crippen LogP contribution in [0.3, 0.4) is 0 Å². The zero-order chi connectivity index (χ0) is 19.7. The minimum Gasteiger partial charge on any atom is -0.269 e. The van der Waals surface area contributed by atoms with Crippen LogP contribution < -0.4 is 5.01 Å². The smallest absolute Gasteiger partial charge is 0.269 e. The van der Waals surface area contributed by atoms with Gasteiger partial charge in [0, 0.05) is 15.4 Å². The van der Waals surface area contributed by atoms with Gasteiger partial charge in [0.2, 0.25) is 5.13 Å². The summed E-state index contributed by atoms with van der Waals surface area (Å²) in [5.74, 6) is -0.249. The van der Waals surface area contributed by atoms with Gasteiger partial charge in [0.15, 0.2) is 6.04 Å². The molecule has 1 aliphatic rings. The van der Waals surface area contributed by atoms with E-state index in [0.717, 1.165) is 21.3 Å². The average Bonchev–Trinajstić information content (AvgIpc) is 3.29. The quantitative estimate of drug-likeness (QED) is 0.471. The van der Waals surface area contributed by atoms with Gasteiger partial charge in [0.1, 0.15) is 0 Å². The summed E-state index contributed by atoms with van der Waals surface area (Å²) >= 11 is 4.85. The van der Waals surface area contributed by atoms with Gasteiger partial charge in [-0.2, -0.15) is 20.3 Å². The third-order valence-corrected chi connectivity index (χ3v) is 5.95. The highest BCUT2D eigenvalue weighted by Crippen LogP contribution is 2.31. The monoisotopic (exact) mass is 453 g/mol. The molecule has 6 nitrogen and oxygen atoms in total. The molecule has 140 valence electrons. The molecule has 4 rings (SSSR count). The Bertz CT molecular complexity index is 1090. The number of hydrogen-bond donors (Lipinski definition) is 0. The van der Waals surface area contributed by atoms with Gasteiger partial charge in [-0.3, -0.25) is 4.79 Å². The molecule has 3 aromatic rings. The van der Waals surface area contributed by atoms with Crippen molar-refractivity contribution in [2.75, 3.05) is 5.01 Å². The summed E-state index contributed by atoms with van der Waals surface area (Å²) in [5.41, 5.74) is 4.20. The highest BCUT2D eigenvalue weighted by Gasteiger charge is 2.36. The molecule has 0 bridgehead atoms. The van der Waals surface area contributed by atoms with Crippen molar-refractivity contribution in [3.05, 3.63) is 63.9 Å². The number of halogens is 1. The Morgan fingerprint density at radius 2 is 1.93 bits per heavy atom. The lowest BCUT2D eigenvalue weighted by Gasteiger charge is -2.08. The molecule has 1 aliphatic heterocycles. The number of amides is 1. The van der Waals surface area contributed by atoms with E-state index in [1.165, 1.54) is 16.3 Å². The number of hydrogen-bond acceptors (Lipinski definition) is 6. The lowest BCUT2D eigenvalue weighted by molar-refractivity contribution is -0.117. The zero-order valence-electron chi connectivity index (χ0n) is 15.2. The van der Waals surface area contributed by atoms with Gasteiger partial charge >= 0.3 is 0 Å². The SMILES string of the molecule is CC1=NN(c2nc(-c3ccccc3)cs2)C(=O)C1N=Nc1ccc(C)c(Br)c1. The number of nitrogens with zero attached hydrogens (tertiary/aromatic N) is 5. The summed E-state index contributed by atoms with van der Waals surface area (Å²) in [5, 5.41) is 16.6. The molecular weight excluding hydrogens is 438 g/mol. The summed E-state index contributed by atoms with van der Waals surface area (Å²) < 4.78 is 0.949. The van der Waals surface area contributed by atoms with Crippen LogP contribution in [0.4, 0.5) is 10.8 Å². The van der Waals surface area contributed by atoms with Crippen molar-refractivity contribution in [1.82, 2.24) is 4.98 Å². The number of hydrazone groups is 1. The van der Waals surface area contributed by atoms with Crippen LogP contribution in [0.2, 0.25) is 0 Å². The van der Waals surface area contributed by atoms with Crippen molar-refractivity contribution in [3.63, 3.8) is 0 Å². The second kappa shape index (κ2) is 7.73. The number of benzene rings is 2. The Kier molecular flexibility index (Phi) is 5.15. The van der Waals surface area contributed by atoms with E-state index in [0.29, 0.717) is 16.5 Å². The van der Waals surface area contributed by atoms with Crippen LogP contribution in [0.15, 0.2) is 73.7 Å². The van der Waals surface area contributed by atoms with E-state index in [-0.39, 0.29) is 5.91 Å². The Morgan fingerprint density at radius 3 is 2.68 bits per heavy atom. The Hall–Kier alpha value is -2.71. The number of rotatable bonds is 4. The number of anilines is 1. The molecule has 0 spiro atoms. The summed E-state index contributed by atoms with van der Waals surface area (Å²) in [6.07, 6.45) is 0. The molecule has 1 amide bonds. The van der Waals surface area contributed by atoms with Crippen molar-refractivity contribution in [3.8, 4) is 11.3 Å². The summed E-state index contributed by atoms with van der Waals surface area (Å²) in [6, 6.07) is 14.8. The van der Waals surface area contributed by atoms with E-state index in [1.54, 1.807) is 6.92 Å². The predicted molar refractivity (Wildman–Crippen MR) is 115 cm³/mol. The molecule has 1 atom stereocenters. The van der Waals surface area contributed by atoms with E-state index in [2.05, 4.69) is 36.2 Å². The number of aromatic nitrogens is 1. The van der Waals surface area contributed by atoms with Crippen molar-refractivity contribution in [2.45, 2.75) is 19.9 Å². The molecule has 28 heavy (non-hydrogen) atoms. The Labute approximate surface area is 174 Å². The van der Waals surface area contributed by atoms with Crippen molar-refractivity contribution >= 4 is 49.7 Å². The van der Waals surface area contributed by atoms with Gasteiger partial charge in [-0.25, -0.2) is 4.98 Å². The van der Waals surface area contributed by atoms with Gasteiger partial charge in [-0.05, 0) is 31.5 Å². The number of carbonyl (C=O) groups is 1. The van der Waals surface area contributed by atoms with Gasteiger partial charge in [0.25, 0.3) is 5.91 Å².